The SMILES string of the molecule is C=CCn1c(CC(=O)Nc2ccccc2F)nnc1SCC(=O)Nc1cccc(C)c1C. The second-order valence-corrected chi connectivity index (χ2v) is 8.03. The maximum atomic E-state index is 13.8. The van der Waals surface area contributed by atoms with Crippen LogP contribution in [-0.4, -0.2) is 32.3 Å². The maximum absolute atomic E-state index is 13.8. The van der Waals surface area contributed by atoms with E-state index in [1.54, 1.807) is 22.8 Å². The van der Waals surface area contributed by atoms with Crippen molar-refractivity contribution in [1.82, 2.24) is 14.8 Å². The van der Waals surface area contributed by atoms with Crippen LogP contribution in [0.15, 0.2) is 60.3 Å². The molecular weight excluding hydrogens is 429 g/mol. The van der Waals surface area contributed by atoms with Crippen molar-refractivity contribution in [3.63, 3.8) is 0 Å². The molecule has 0 unspecified atom stereocenters. The minimum absolute atomic E-state index is 0.0928. The predicted octanol–water partition coefficient (Wildman–Crippen LogP) is 4.13. The number of nitrogens with one attached hydrogen (secondary N) is 2. The van der Waals surface area contributed by atoms with E-state index >= 15 is 0 Å². The largest absolute Gasteiger partial charge is 0.325 e. The van der Waals surface area contributed by atoms with Crippen LogP contribution < -0.4 is 10.6 Å². The van der Waals surface area contributed by atoms with Crippen LogP contribution in [0.1, 0.15) is 17.0 Å². The Bertz CT molecular complexity index is 1150. The molecule has 1 aromatic heterocycles. The van der Waals surface area contributed by atoms with Crippen LogP contribution >= 0.6 is 11.8 Å². The van der Waals surface area contributed by atoms with Crippen LogP contribution in [0.3, 0.4) is 0 Å². The van der Waals surface area contributed by atoms with E-state index in [4.69, 9.17) is 0 Å². The summed E-state index contributed by atoms with van der Waals surface area (Å²) in [5.41, 5.74) is 2.99. The fourth-order valence-electron chi connectivity index (χ4n) is 2.97. The number of aryl methyl sites for hydroxylation is 1. The molecule has 1 heterocycles. The number of carbonyl (C=O) groups excluding carboxylic acids is 2. The van der Waals surface area contributed by atoms with Gasteiger partial charge in [0.1, 0.15) is 11.6 Å². The second-order valence-electron chi connectivity index (χ2n) is 7.09. The molecule has 0 aliphatic heterocycles. The van der Waals surface area contributed by atoms with E-state index in [0.717, 1.165) is 16.8 Å². The minimum atomic E-state index is -0.514. The third-order valence-corrected chi connectivity index (χ3v) is 5.75. The Morgan fingerprint density at radius 2 is 1.78 bits per heavy atom. The van der Waals surface area contributed by atoms with Crippen LogP contribution in [0.5, 0.6) is 0 Å². The smallest absolute Gasteiger partial charge is 0.234 e. The number of aromatic nitrogens is 3. The van der Waals surface area contributed by atoms with Gasteiger partial charge in [0.25, 0.3) is 0 Å². The van der Waals surface area contributed by atoms with Crippen molar-refractivity contribution >= 4 is 35.0 Å². The standard InChI is InChI=1S/C23H24FN5O2S/c1-4-12-29-20(13-21(30)26-19-10-6-5-9-17(19)24)27-28-23(29)32-14-22(31)25-18-11-7-8-15(2)16(18)3/h4-11H,1,12-14H2,2-3H3,(H,25,31)(H,26,30). The molecule has 0 radical (unpaired) electrons. The number of hydrogen-bond acceptors (Lipinski definition) is 5. The maximum Gasteiger partial charge on any atom is 0.234 e. The third-order valence-electron chi connectivity index (χ3n) is 4.78. The Hall–Kier alpha value is -3.46. The van der Waals surface area contributed by atoms with Crippen LogP contribution in [0.2, 0.25) is 0 Å². The van der Waals surface area contributed by atoms with Gasteiger partial charge in [0.05, 0.1) is 17.9 Å². The Morgan fingerprint density at radius 1 is 1.06 bits per heavy atom. The summed E-state index contributed by atoms with van der Waals surface area (Å²) < 4.78 is 15.5. The van der Waals surface area contributed by atoms with Gasteiger partial charge in [-0.05, 0) is 43.2 Å². The number of anilines is 2. The van der Waals surface area contributed by atoms with Gasteiger partial charge in [-0.15, -0.1) is 16.8 Å². The van der Waals surface area contributed by atoms with Crippen molar-refractivity contribution in [1.29, 1.82) is 0 Å². The molecule has 3 aromatic rings. The van der Waals surface area contributed by atoms with Crippen molar-refractivity contribution in [2.75, 3.05) is 16.4 Å². The van der Waals surface area contributed by atoms with Crippen molar-refractivity contribution < 1.29 is 14.0 Å². The van der Waals surface area contributed by atoms with Crippen LogP contribution in [-0.2, 0) is 22.6 Å². The monoisotopic (exact) mass is 453 g/mol. The molecule has 0 aliphatic carbocycles. The molecule has 0 atom stereocenters. The van der Waals surface area contributed by atoms with Gasteiger partial charge in [-0.3, -0.25) is 9.59 Å². The summed E-state index contributed by atoms with van der Waals surface area (Å²) in [6.07, 6.45) is 1.56. The lowest BCUT2D eigenvalue weighted by Gasteiger charge is -2.11. The van der Waals surface area contributed by atoms with Gasteiger partial charge in [0.2, 0.25) is 11.8 Å². The number of nitrogens with zero attached hydrogens (tertiary/aromatic N) is 3. The summed E-state index contributed by atoms with van der Waals surface area (Å²) in [6.45, 7) is 8.04. The molecule has 2 aromatic carbocycles. The van der Waals surface area contributed by atoms with Gasteiger partial charge in [0.15, 0.2) is 5.16 Å². The van der Waals surface area contributed by atoms with Crippen molar-refractivity contribution in [2.45, 2.75) is 32.0 Å². The van der Waals surface area contributed by atoms with Gasteiger partial charge in [-0.1, -0.05) is 42.1 Å². The third kappa shape index (κ3) is 5.82. The molecule has 0 aliphatic rings. The zero-order valence-electron chi connectivity index (χ0n) is 17.9. The van der Waals surface area contributed by atoms with E-state index < -0.39 is 11.7 Å². The highest BCUT2D eigenvalue weighted by atomic mass is 32.2. The Labute approximate surface area is 190 Å². The molecule has 9 heteroatoms. The normalized spacial score (nSPS) is 10.6. The number of benzene rings is 2. The zero-order chi connectivity index (χ0) is 23.1. The van der Waals surface area contributed by atoms with Crippen molar-refractivity contribution in [3.05, 3.63) is 77.9 Å². The Balaban J connectivity index is 1.64. The average molecular weight is 454 g/mol. The van der Waals surface area contributed by atoms with Gasteiger partial charge in [-0.25, -0.2) is 4.39 Å². The lowest BCUT2D eigenvalue weighted by atomic mass is 10.1. The molecule has 2 N–H and O–H groups in total. The summed E-state index contributed by atoms with van der Waals surface area (Å²) in [7, 11) is 0. The van der Waals surface area contributed by atoms with Crippen LogP contribution in [0.4, 0.5) is 15.8 Å². The summed E-state index contributed by atoms with van der Waals surface area (Å²) >= 11 is 1.22. The fraction of sp³-hybridized carbons (Fsp3) is 0.217. The van der Waals surface area contributed by atoms with Gasteiger partial charge < -0.3 is 15.2 Å². The summed E-state index contributed by atoms with van der Waals surface area (Å²) in [6, 6.07) is 11.7. The lowest BCUT2D eigenvalue weighted by molar-refractivity contribution is -0.116. The van der Waals surface area contributed by atoms with Crippen molar-refractivity contribution in [2.24, 2.45) is 0 Å². The molecule has 0 fully saturated rings. The highest BCUT2D eigenvalue weighted by Gasteiger charge is 2.17. The number of amides is 2. The van der Waals surface area contributed by atoms with E-state index in [1.807, 2.05) is 32.0 Å². The van der Waals surface area contributed by atoms with E-state index in [1.165, 1.54) is 23.9 Å². The molecule has 0 saturated carbocycles. The molecule has 32 heavy (non-hydrogen) atoms. The second kappa shape index (κ2) is 10.7. The summed E-state index contributed by atoms with van der Waals surface area (Å²) in [5, 5.41) is 14.1. The number of allylic oxidation sites excluding steroid dienone is 1. The Morgan fingerprint density at radius 3 is 2.53 bits per heavy atom. The first-order valence-corrected chi connectivity index (χ1v) is 10.9. The number of carbonyl (C=O) groups is 2. The fourth-order valence-corrected chi connectivity index (χ4v) is 3.74. The highest BCUT2D eigenvalue weighted by Crippen LogP contribution is 2.21. The van der Waals surface area contributed by atoms with E-state index in [2.05, 4.69) is 27.4 Å². The van der Waals surface area contributed by atoms with E-state index in [-0.39, 0.29) is 23.8 Å². The van der Waals surface area contributed by atoms with Gasteiger partial charge in [0, 0.05) is 12.2 Å². The zero-order valence-corrected chi connectivity index (χ0v) is 18.7. The molecule has 2 amide bonds. The van der Waals surface area contributed by atoms with Gasteiger partial charge >= 0.3 is 0 Å². The van der Waals surface area contributed by atoms with Gasteiger partial charge in [-0.2, -0.15) is 0 Å². The first-order valence-electron chi connectivity index (χ1n) is 9.95. The molecule has 0 bridgehead atoms. The number of halogens is 1. The van der Waals surface area contributed by atoms with E-state index in [0.29, 0.717) is 17.5 Å². The molecule has 166 valence electrons. The topological polar surface area (TPSA) is 88.9 Å². The molecule has 7 nitrogen and oxygen atoms in total. The lowest BCUT2D eigenvalue weighted by Crippen LogP contribution is -2.19. The Kier molecular flexibility index (Phi) is 7.77. The molecular formula is C23H24FN5O2S. The quantitative estimate of drug-likeness (QED) is 0.376. The highest BCUT2D eigenvalue weighted by molar-refractivity contribution is 7.99. The first-order chi connectivity index (χ1) is 15.4. The number of thioether (sulfide) groups is 1. The molecule has 0 spiro atoms. The summed E-state index contributed by atoms with van der Waals surface area (Å²) in [5.74, 6) is -0.576. The summed E-state index contributed by atoms with van der Waals surface area (Å²) in [4.78, 5) is 24.8. The number of para-hydroxylation sites is 1. The minimum Gasteiger partial charge on any atom is -0.325 e. The van der Waals surface area contributed by atoms with E-state index in [9.17, 15) is 14.0 Å². The predicted molar refractivity (Wildman–Crippen MR) is 124 cm³/mol. The van der Waals surface area contributed by atoms with Crippen LogP contribution in [0, 0.1) is 19.7 Å². The molecule has 3 rings (SSSR count). The average Bonchev–Trinajstić information content (AvgIpc) is 3.13. The molecule has 0 saturated heterocycles. The number of hydrogen-bond donors (Lipinski definition) is 2. The van der Waals surface area contributed by atoms with Crippen LogP contribution in [0.25, 0.3) is 0 Å². The van der Waals surface area contributed by atoms with Crippen molar-refractivity contribution in [3.8, 4) is 0 Å². The number of rotatable bonds is 9. The first kappa shape index (κ1) is 23.2.